The van der Waals surface area contributed by atoms with E-state index >= 15 is 0 Å². The van der Waals surface area contributed by atoms with E-state index in [1.54, 1.807) is 19.2 Å². The van der Waals surface area contributed by atoms with Crippen molar-refractivity contribution in [2.24, 2.45) is 5.73 Å². The number of nitrogens with two attached hydrogens (primary N) is 1. The van der Waals surface area contributed by atoms with Gasteiger partial charge in [0.1, 0.15) is 23.9 Å². The average Bonchev–Trinajstić information content (AvgIpc) is 2.45. The zero-order valence-electron chi connectivity index (χ0n) is 11.0. The van der Waals surface area contributed by atoms with Gasteiger partial charge in [-0.15, -0.1) is 0 Å². The predicted molar refractivity (Wildman–Crippen MR) is 82.5 cm³/mol. The summed E-state index contributed by atoms with van der Waals surface area (Å²) in [5, 5.41) is 7.42. The summed E-state index contributed by atoms with van der Waals surface area (Å²) in [4.78, 5) is 0. The van der Waals surface area contributed by atoms with Crippen LogP contribution in [-0.4, -0.2) is 12.9 Å². The van der Waals surface area contributed by atoms with Crippen LogP contribution in [0.25, 0.3) is 0 Å². The first-order chi connectivity index (χ1) is 9.60. The maximum atomic E-state index is 7.42. The van der Waals surface area contributed by atoms with E-state index in [1.165, 1.54) is 0 Å². The Balaban J connectivity index is 2.14. The maximum Gasteiger partial charge on any atom is 0.125 e. The zero-order valence-corrected chi connectivity index (χ0v) is 12.6. The van der Waals surface area contributed by atoms with Gasteiger partial charge in [0.05, 0.1) is 7.11 Å². The lowest BCUT2D eigenvalue weighted by Crippen LogP contribution is -2.10. The van der Waals surface area contributed by atoms with Crippen molar-refractivity contribution in [3.63, 3.8) is 0 Å². The highest BCUT2D eigenvalue weighted by atomic mass is 79.9. The lowest BCUT2D eigenvalue weighted by molar-refractivity contribution is 0.296. The average molecular weight is 335 g/mol. The fourth-order valence-corrected chi connectivity index (χ4v) is 2.18. The second-order valence-corrected chi connectivity index (χ2v) is 5.10. The van der Waals surface area contributed by atoms with Gasteiger partial charge in [0.15, 0.2) is 0 Å². The van der Waals surface area contributed by atoms with Crippen molar-refractivity contribution in [2.45, 2.75) is 6.61 Å². The molecule has 0 aromatic heterocycles. The molecule has 0 aliphatic heterocycles. The molecule has 0 aliphatic rings. The van der Waals surface area contributed by atoms with E-state index in [0.29, 0.717) is 17.9 Å². The smallest absolute Gasteiger partial charge is 0.125 e. The molecule has 0 heterocycles. The van der Waals surface area contributed by atoms with Crippen molar-refractivity contribution in [3.05, 3.63) is 58.1 Å². The predicted octanol–water partition coefficient (Wildman–Crippen LogP) is 3.32. The summed E-state index contributed by atoms with van der Waals surface area (Å²) in [6.07, 6.45) is 0. The van der Waals surface area contributed by atoms with Crippen LogP contribution in [0, 0.1) is 5.41 Å². The van der Waals surface area contributed by atoms with Gasteiger partial charge in [-0.05, 0) is 30.3 Å². The Morgan fingerprint density at radius 1 is 1.25 bits per heavy atom. The van der Waals surface area contributed by atoms with E-state index in [9.17, 15) is 0 Å². The highest BCUT2D eigenvalue weighted by Gasteiger charge is 2.05. The van der Waals surface area contributed by atoms with Gasteiger partial charge >= 0.3 is 0 Å². The number of benzene rings is 2. The Kier molecular flexibility index (Phi) is 4.63. The number of nitrogen functional groups attached to an aromatic ring is 1. The van der Waals surface area contributed by atoms with Crippen molar-refractivity contribution in [1.29, 1.82) is 5.41 Å². The largest absolute Gasteiger partial charge is 0.496 e. The molecule has 0 spiro atoms. The van der Waals surface area contributed by atoms with E-state index in [-0.39, 0.29) is 5.84 Å². The van der Waals surface area contributed by atoms with Gasteiger partial charge in [0.25, 0.3) is 0 Å². The molecule has 0 bridgehead atoms. The van der Waals surface area contributed by atoms with Crippen LogP contribution in [0.2, 0.25) is 0 Å². The number of halogens is 1. The Morgan fingerprint density at radius 2 is 2.05 bits per heavy atom. The quantitative estimate of drug-likeness (QED) is 0.651. The van der Waals surface area contributed by atoms with Gasteiger partial charge in [0.2, 0.25) is 0 Å². The van der Waals surface area contributed by atoms with Crippen LogP contribution >= 0.6 is 15.9 Å². The zero-order chi connectivity index (χ0) is 14.5. The number of hydrogen-bond acceptors (Lipinski definition) is 3. The van der Waals surface area contributed by atoms with Crippen molar-refractivity contribution in [1.82, 2.24) is 0 Å². The number of nitrogens with one attached hydrogen (secondary N) is 1. The Morgan fingerprint density at radius 3 is 2.75 bits per heavy atom. The SMILES string of the molecule is COc1ccc(Br)cc1COc1cccc(C(=N)N)c1. The van der Waals surface area contributed by atoms with E-state index in [0.717, 1.165) is 15.8 Å². The van der Waals surface area contributed by atoms with Gasteiger partial charge in [-0.3, -0.25) is 5.41 Å². The summed E-state index contributed by atoms with van der Waals surface area (Å²) in [6, 6.07) is 12.9. The van der Waals surface area contributed by atoms with Gasteiger partial charge in [-0.1, -0.05) is 28.1 Å². The van der Waals surface area contributed by atoms with Crippen LogP contribution in [0.1, 0.15) is 11.1 Å². The number of rotatable bonds is 5. The van der Waals surface area contributed by atoms with E-state index in [1.807, 2.05) is 30.3 Å². The van der Waals surface area contributed by atoms with Crippen molar-refractivity contribution >= 4 is 21.8 Å². The Bertz CT molecular complexity index is 629. The second kappa shape index (κ2) is 6.43. The van der Waals surface area contributed by atoms with Gasteiger partial charge in [-0.2, -0.15) is 0 Å². The summed E-state index contributed by atoms with van der Waals surface area (Å²) >= 11 is 3.43. The van der Waals surface area contributed by atoms with Crippen LogP contribution < -0.4 is 15.2 Å². The molecule has 0 unspecified atom stereocenters. The van der Waals surface area contributed by atoms with Crippen molar-refractivity contribution in [3.8, 4) is 11.5 Å². The highest BCUT2D eigenvalue weighted by Crippen LogP contribution is 2.24. The van der Waals surface area contributed by atoms with Gasteiger partial charge in [-0.25, -0.2) is 0 Å². The van der Waals surface area contributed by atoms with Gasteiger partial charge in [0, 0.05) is 15.6 Å². The van der Waals surface area contributed by atoms with Crippen LogP contribution in [0.5, 0.6) is 11.5 Å². The van der Waals surface area contributed by atoms with Crippen molar-refractivity contribution in [2.75, 3.05) is 7.11 Å². The van der Waals surface area contributed by atoms with Crippen molar-refractivity contribution < 1.29 is 9.47 Å². The molecule has 0 aliphatic carbocycles. The summed E-state index contributed by atoms with van der Waals surface area (Å²) in [5.41, 5.74) is 7.04. The molecule has 2 aromatic rings. The molecule has 0 atom stereocenters. The van der Waals surface area contributed by atoms with Crippen LogP contribution in [0.15, 0.2) is 46.9 Å². The van der Waals surface area contributed by atoms with E-state index < -0.39 is 0 Å². The minimum absolute atomic E-state index is 0.0236. The minimum Gasteiger partial charge on any atom is -0.496 e. The second-order valence-electron chi connectivity index (χ2n) is 4.19. The fourth-order valence-electron chi connectivity index (χ4n) is 1.77. The third-order valence-corrected chi connectivity index (χ3v) is 3.28. The first-order valence-electron chi connectivity index (χ1n) is 6.00. The summed E-state index contributed by atoms with van der Waals surface area (Å²) < 4.78 is 12.0. The van der Waals surface area contributed by atoms with Crippen LogP contribution in [0.3, 0.4) is 0 Å². The normalized spacial score (nSPS) is 10.1. The third kappa shape index (κ3) is 3.51. The first-order valence-corrected chi connectivity index (χ1v) is 6.79. The fraction of sp³-hybridized carbons (Fsp3) is 0.133. The van der Waals surface area contributed by atoms with Crippen LogP contribution in [0.4, 0.5) is 0 Å². The topological polar surface area (TPSA) is 68.3 Å². The minimum atomic E-state index is 0.0236. The molecule has 0 saturated heterocycles. The summed E-state index contributed by atoms with van der Waals surface area (Å²) in [5.74, 6) is 1.46. The molecule has 0 saturated carbocycles. The molecule has 20 heavy (non-hydrogen) atoms. The summed E-state index contributed by atoms with van der Waals surface area (Å²) in [7, 11) is 1.63. The Hall–Kier alpha value is -2.01. The first kappa shape index (κ1) is 14.4. The molecule has 0 amide bonds. The monoisotopic (exact) mass is 334 g/mol. The molecule has 2 aromatic carbocycles. The third-order valence-electron chi connectivity index (χ3n) is 2.78. The Labute approximate surface area is 126 Å². The molecule has 4 nitrogen and oxygen atoms in total. The standard InChI is InChI=1S/C15H15BrN2O2/c1-19-14-6-5-12(16)7-11(14)9-20-13-4-2-3-10(8-13)15(17)18/h2-8H,9H2,1H3,(H3,17,18). The number of methoxy groups -OCH3 is 1. The number of ether oxygens (including phenoxy) is 2. The van der Waals surface area contributed by atoms with Crippen LogP contribution in [-0.2, 0) is 6.61 Å². The molecular formula is C15H15BrN2O2. The van der Waals surface area contributed by atoms with Gasteiger partial charge < -0.3 is 15.2 Å². The molecule has 0 radical (unpaired) electrons. The molecule has 3 N–H and O–H groups in total. The summed E-state index contributed by atoms with van der Waals surface area (Å²) in [6.45, 7) is 0.379. The number of hydrogen-bond donors (Lipinski definition) is 2. The molecule has 2 rings (SSSR count). The molecule has 5 heteroatoms. The number of amidine groups is 1. The maximum absolute atomic E-state index is 7.42. The lowest BCUT2D eigenvalue weighted by Gasteiger charge is -2.11. The van der Waals surface area contributed by atoms with E-state index in [4.69, 9.17) is 20.6 Å². The molecular weight excluding hydrogens is 320 g/mol. The lowest BCUT2D eigenvalue weighted by atomic mass is 10.2. The molecule has 0 fully saturated rings. The highest BCUT2D eigenvalue weighted by molar-refractivity contribution is 9.10. The molecule has 104 valence electrons. The van der Waals surface area contributed by atoms with E-state index in [2.05, 4.69) is 15.9 Å².